The molecule has 8 heteroatoms. The van der Waals surface area contributed by atoms with Crippen molar-refractivity contribution in [2.24, 2.45) is 5.92 Å². The van der Waals surface area contributed by atoms with Crippen molar-refractivity contribution in [1.82, 2.24) is 24.6 Å². The van der Waals surface area contributed by atoms with Crippen LogP contribution in [0.4, 0.5) is 0 Å². The predicted molar refractivity (Wildman–Crippen MR) is 145 cm³/mol. The number of carbonyl (C=O) groups is 1. The Morgan fingerprint density at radius 2 is 1.89 bits per heavy atom. The number of cyclic esters (lactones) is 1. The molecule has 4 heterocycles. The maximum atomic E-state index is 13.4. The molecule has 0 spiro atoms. The second-order valence-electron chi connectivity index (χ2n) is 11.4. The maximum absolute atomic E-state index is 13.4. The summed E-state index contributed by atoms with van der Waals surface area (Å²) < 4.78 is 8.00. The van der Waals surface area contributed by atoms with Gasteiger partial charge in [0.15, 0.2) is 5.82 Å². The summed E-state index contributed by atoms with van der Waals surface area (Å²) in [6.45, 7) is 10.3. The van der Waals surface area contributed by atoms with Crippen LogP contribution in [0.1, 0.15) is 99.4 Å². The molecule has 2 aliphatic rings. The van der Waals surface area contributed by atoms with E-state index in [9.17, 15) is 9.90 Å². The van der Waals surface area contributed by atoms with Crippen LogP contribution in [0.15, 0.2) is 29.5 Å². The van der Waals surface area contributed by atoms with E-state index in [2.05, 4.69) is 48.0 Å². The number of ether oxygens (including phenoxy) is 1. The number of fused-ring (bicyclic) bond motifs is 1. The minimum absolute atomic E-state index is 0.111. The summed E-state index contributed by atoms with van der Waals surface area (Å²) >= 11 is 0. The Balaban J connectivity index is 1.41. The van der Waals surface area contributed by atoms with Crippen LogP contribution in [0.2, 0.25) is 0 Å². The number of nitrogens with zero attached hydrogens (tertiary/aromatic N) is 5. The molecule has 0 bridgehead atoms. The zero-order valence-corrected chi connectivity index (χ0v) is 23.3. The third kappa shape index (κ3) is 5.18. The average Bonchev–Trinajstić information content (AvgIpc) is 3.55. The van der Waals surface area contributed by atoms with Crippen molar-refractivity contribution in [3.8, 4) is 0 Å². The lowest BCUT2D eigenvalue weighted by atomic mass is 9.76. The van der Waals surface area contributed by atoms with Gasteiger partial charge in [0.25, 0.3) is 5.78 Å². The maximum Gasteiger partial charge on any atom is 0.338 e. The number of aliphatic hydroxyl groups excluding tert-OH is 1. The second-order valence-corrected chi connectivity index (χ2v) is 11.4. The molecule has 0 amide bonds. The highest BCUT2D eigenvalue weighted by atomic mass is 16.6. The van der Waals surface area contributed by atoms with Gasteiger partial charge in [-0.3, -0.25) is 4.98 Å². The fraction of sp³-hybridized carbons (Fsp3) is 0.567. The molecule has 5 rings (SSSR count). The Morgan fingerprint density at radius 1 is 1.13 bits per heavy atom. The van der Waals surface area contributed by atoms with Crippen LogP contribution in [0.3, 0.4) is 0 Å². The van der Waals surface area contributed by atoms with E-state index in [1.807, 2.05) is 19.9 Å². The van der Waals surface area contributed by atoms with Crippen molar-refractivity contribution in [3.63, 3.8) is 0 Å². The van der Waals surface area contributed by atoms with Gasteiger partial charge in [-0.05, 0) is 81.5 Å². The molecule has 1 fully saturated rings. The van der Waals surface area contributed by atoms with Crippen molar-refractivity contribution in [1.29, 1.82) is 0 Å². The van der Waals surface area contributed by atoms with Crippen LogP contribution >= 0.6 is 0 Å². The van der Waals surface area contributed by atoms with Crippen LogP contribution in [0.25, 0.3) is 5.78 Å². The summed E-state index contributed by atoms with van der Waals surface area (Å²) in [5, 5.41) is 15.8. The van der Waals surface area contributed by atoms with E-state index in [0.29, 0.717) is 30.4 Å². The molecule has 3 aromatic rings. The van der Waals surface area contributed by atoms with Gasteiger partial charge in [0, 0.05) is 35.6 Å². The molecule has 202 valence electrons. The summed E-state index contributed by atoms with van der Waals surface area (Å²) in [6, 6.07) is 6.29. The number of aromatic nitrogens is 5. The van der Waals surface area contributed by atoms with Crippen LogP contribution in [-0.4, -0.2) is 41.2 Å². The number of hydrogen-bond acceptors (Lipinski definition) is 7. The second kappa shape index (κ2) is 10.5. The number of carbonyl (C=O) groups excluding carboxylic acids is 1. The van der Waals surface area contributed by atoms with E-state index < -0.39 is 11.6 Å². The van der Waals surface area contributed by atoms with Gasteiger partial charge in [-0.1, -0.05) is 33.6 Å². The lowest BCUT2D eigenvalue weighted by Crippen LogP contribution is -2.46. The smallest absolute Gasteiger partial charge is 0.338 e. The fourth-order valence-corrected chi connectivity index (χ4v) is 6.08. The van der Waals surface area contributed by atoms with Crippen LogP contribution in [-0.2, 0) is 28.8 Å². The predicted octanol–water partition coefficient (Wildman–Crippen LogP) is 5.69. The zero-order chi connectivity index (χ0) is 27.0. The highest BCUT2D eigenvalue weighted by Crippen LogP contribution is 2.46. The Bertz CT molecular complexity index is 1390. The highest BCUT2D eigenvalue weighted by molar-refractivity contribution is 5.90. The number of hydrogen-bond donors (Lipinski definition) is 1. The van der Waals surface area contributed by atoms with Crippen molar-refractivity contribution >= 4 is 11.7 Å². The lowest BCUT2D eigenvalue weighted by Gasteiger charge is -2.41. The zero-order valence-electron chi connectivity index (χ0n) is 23.3. The van der Waals surface area contributed by atoms with Gasteiger partial charge in [-0.25, -0.2) is 14.3 Å². The molecule has 1 aliphatic carbocycles. The molecular weight excluding hydrogens is 478 g/mol. The molecule has 0 saturated heterocycles. The molecule has 0 radical (unpaired) electrons. The van der Waals surface area contributed by atoms with Gasteiger partial charge in [-0.2, -0.15) is 4.98 Å². The van der Waals surface area contributed by atoms with E-state index in [4.69, 9.17) is 9.72 Å². The molecule has 38 heavy (non-hydrogen) atoms. The van der Waals surface area contributed by atoms with Gasteiger partial charge in [0.1, 0.15) is 11.4 Å². The summed E-state index contributed by atoms with van der Waals surface area (Å²) in [5.74, 6) is 1.19. The largest absolute Gasteiger partial charge is 0.512 e. The Kier molecular flexibility index (Phi) is 7.25. The van der Waals surface area contributed by atoms with E-state index >= 15 is 0 Å². The van der Waals surface area contributed by atoms with Crippen molar-refractivity contribution in [3.05, 3.63) is 63.7 Å². The van der Waals surface area contributed by atoms with Crippen LogP contribution in [0.5, 0.6) is 0 Å². The van der Waals surface area contributed by atoms with Gasteiger partial charge in [-0.15, -0.1) is 5.10 Å². The van der Waals surface area contributed by atoms with Crippen molar-refractivity contribution in [2.75, 3.05) is 0 Å². The Labute approximate surface area is 224 Å². The molecule has 8 nitrogen and oxygen atoms in total. The monoisotopic (exact) mass is 517 g/mol. The first-order valence-electron chi connectivity index (χ1n) is 14.0. The Hall–Kier alpha value is -3.29. The first kappa shape index (κ1) is 26.3. The molecule has 1 aliphatic heterocycles. The van der Waals surface area contributed by atoms with Gasteiger partial charge in [0.05, 0.1) is 5.57 Å². The number of aryl methyl sites for hydroxylation is 4. The third-order valence-corrected chi connectivity index (χ3v) is 8.20. The first-order valence-corrected chi connectivity index (χ1v) is 14.0. The summed E-state index contributed by atoms with van der Waals surface area (Å²) in [4.78, 5) is 27.2. The molecular formula is C30H39N5O3. The fourth-order valence-electron chi connectivity index (χ4n) is 6.08. The molecule has 3 aromatic heterocycles. The molecule has 1 saturated carbocycles. The standard InChI is InChI=1S/C30H39N5O3/c1-6-23-14-21(15-25(32-23)18(2)3)11-12-30(22-9-7-8-10-22)17-26(36)24(28(37)38-30)16-27-33-29-31-19(4)13-20(5)35(29)34-27/h13-15,18,22,36H,6-12,16-17H2,1-5H3. The molecule has 1 N–H and O–H groups in total. The Morgan fingerprint density at radius 3 is 2.58 bits per heavy atom. The van der Waals surface area contributed by atoms with Gasteiger partial charge >= 0.3 is 5.97 Å². The minimum Gasteiger partial charge on any atom is -0.512 e. The number of esters is 1. The van der Waals surface area contributed by atoms with E-state index in [1.165, 1.54) is 5.56 Å². The van der Waals surface area contributed by atoms with Gasteiger partial charge in [0.2, 0.25) is 0 Å². The minimum atomic E-state index is -0.698. The van der Waals surface area contributed by atoms with E-state index in [1.54, 1.807) is 4.52 Å². The first-order chi connectivity index (χ1) is 18.2. The van der Waals surface area contributed by atoms with Crippen LogP contribution in [0, 0.1) is 19.8 Å². The summed E-state index contributed by atoms with van der Waals surface area (Å²) in [6.07, 6.45) is 7.09. The average molecular weight is 518 g/mol. The number of aliphatic hydroxyl groups is 1. The highest BCUT2D eigenvalue weighted by Gasteiger charge is 2.48. The van der Waals surface area contributed by atoms with Gasteiger partial charge < -0.3 is 9.84 Å². The lowest BCUT2D eigenvalue weighted by molar-refractivity contribution is -0.167. The normalized spacial score (nSPS) is 20.6. The number of rotatable bonds is 8. The topological polar surface area (TPSA) is 102 Å². The molecule has 1 atom stereocenters. The quantitative estimate of drug-likeness (QED) is 0.383. The molecule has 0 aromatic carbocycles. The van der Waals surface area contributed by atoms with E-state index in [0.717, 1.165) is 61.3 Å². The molecule has 1 unspecified atom stereocenters. The van der Waals surface area contributed by atoms with E-state index in [-0.39, 0.29) is 23.7 Å². The third-order valence-electron chi connectivity index (χ3n) is 8.20. The summed E-state index contributed by atoms with van der Waals surface area (Å²) in [7, 11) is 0. The van der Waals surface area contributed by atoms with Crippen molar-refractivity contribution < 1.29 is 14.6 Å². The number of pyridine rings is 1. The SMILES string of the molecule is CCc1cc(CCC2(C3CCCC3)CC(O)=C(Cc3nc4nc(C)cc(C)n4n3)C(=O)O2)cc(C(C)C)n1. The van der Waals surface area contributed by atoms with Crippen molar-refractivity contribution in [2.45, 2.75) is 104 Å². The van der Waals surface area contributed by atoms with Crippen LogP contribution < -0.4 is 0 Å². The summed E-state index contributed by atoms with van der Waals surface area (Å²) in [5.41, 5.74) is 4.73.